The number of carbonyl (C=O) groups is 1. The van der Waals surface area contributed by atoms with Crippen LogP contribution in [-0.2, 0) is 10.0 Å². The summed E-state index contributed by atoms with van der Waals surface area (Å²) >= 11 is 5.85. The Kier molecular flexibility index (Phi) is 6.30. The number of halogens is 2. The maximum Gasteiger partial charge on any atom is 0.434 e. The second kappa shape index (κ2) is 8.61. The van der Waals surface area contributed by atoms with Gasteiger partial charge < -0.3 is 10.2 Å². The lowest BCUT2D eigenvalue weighted by atomic mass is 9.92. The number of nitrogens with zero attached hydrogens (tertiary/aromatic N) is 1. The number of aromatic amines is 1. The fourth-order valence-electron chi connectivity index (χ4n) is 3.09. The Bertz CT molecular complexity index is 1300. The molecule has 0 bridgehead atoms. The molecule has 0 aliphatic rings. The molecule has 0 saturated carbocycles. The molecule has 0 aliphatic carbocycles. The van der Waals surface area contributed by atoms with Crippen LogP contribution >= 0.6 is 11.6 Å². The molecule has 0 aliphatic heterocycles. The molecule has 3 aromatic rings. The van der Waals surface area contributed by atoms with Crippen molar-refractivity contribution < 1.29 is 22.0 Å². The summed E-state index contributed by atoms with van der Waals surface area (Å²) in [5, 5.41) is 5.86. The van der Waals surface area contributed by atoms with Crippen molar-refractivity contribution in [1.82, 2.24) is 14.9 Å². The molecule has 0 saturated heterocycles. The third-order valence-electron chi connectivity index (χ3n) is 4.64. The Morgan fingerprint density at radius 3 is 2.61 bits per heavy atom. The molecule has 164 valence electrons. The topological polar surface area (TPSA) is 148 Å². The number of nitrogens with one attached hydrogen (secondary N) is 2. The highest BCUT2D eigenvalue weighted by Gasteiger charge is 2.33. The molecular weight excluding hydrogens is 451 g/mol. The number of hydrogen-bond donors (Lipinski definition) is 3. The summed E-state index contributed by atoms with van der Waals surface area (Å²) in [5.74, 6) is -3.67. The number of hydrogen-bond acceptors (Lipinski definition) is 6. The number of sulfonamides is 1. The largest absolute Gasteiger partial charge is 0.434 e. The minimum absolute atomic E-state index is 0.109. The van der Waals surface area contributed by atoms with Crippen molar-refractivity contribution in [3.05, 3.63) is 80.4 Å². The van der Waals surface area contributed by atoms with Gasteiger partial charge in [0.2, 0.25) is 21.8 Å². The quantitative estimate of drug-likeness (QED) is 0.484. The molecule has 2 aromatic carbocycles. The lowest BCUT2D eigenvalue weighted by Crippen LogP contribution is -2.34. The normalized spacial score (nSPS) is 13.7. The summed E-state index contributed by atoms with van der Waals surface area (Å²) in [7, 11) is -4.41. The van der Waals surface area contributed by atoms with E-state index in [-0.39, 0.29) is 22.0 Å². The minimum Gasteiger partial charge on any atom is -0.391 e. The van der Waals surface area contributed by atoms with Gasteiger partial charge in [0.1, 0.15) is 11.9 Å². The van der Waals surface area contributed by atoms with Gasteiger partial charge in [0, 0.05) is 10.9 Å². The molecule has 3 rings (SSSR count). The van der Waals surface area contributed by atoms with Crippen LogP contribution in [0.4, 0.5) is 4.39 Å². The van der Waals surface area contributed by atoms with E-state index < -0.39 is 44.4 Å². The van der Waals surface area contributed by atoms with Crippen LogP contribution in [0.3, 0.4) is 0 Å². The summed E-state index contributed by atoms with van der Waals surface area (Å²) in [4.78, 5) is 22.8. The smallest absolute Gasteiger partial charge is 0.391 e. The Labute approximate surface area is 181 Å². The SMILES string of the molecule is Cc1ccc(F)c(C(C)C(NS(=O)(=O)c2ccc(Cl)cc2C(N)=O)c2n[nH]c(=O)o2)c1. The molecule has 1 heterocycles. The van der Waals surface area contributed by atoms with E-state index in [1.807, 2.05) is 0 Å². The van der Waals surface area contributed by atoms with E-state index in [0.717, 1.165) is 17.7 Å². The Morgan fingerprint density at radius 2 is 2.00 bits per heavy atom. The second-order valence-corrected chi connectivity index (χ2v) is 8.99. The van der Waals surface area contributed by atoms with Gasteiger partial charge >= 0.3 is 5.76 Å². The van der Waals surface area contributed by atoms with Crippen molar-refractivity contribution in [2.24, 2.45) is 5.73 Å². The number of aryl methyl sites for hydroxylation is 1. The van der Waals surface area contributed by atoms with E-state index in [1.165, 1.54) is 19.1 Å². The van der Waals surface area contributed by atoms with E-state index in [4.69, 9.17) is 21.8 Å². The molecule has 9 nitrogen and oxygen atoms in total. The van der Waals surface area contributed by atoms with Gasteiger partial charge in [-0.15, -0.1) is 5.10 Å². The van der Waals surface area contributed by atoms with Crippen LogP contribution < -0.4 is 16.2 Å². The van der Waals surface area contributed by atoms with Crippen molar-refractivity contribution in [3.63, 3.8) is 0 Å². The molecule has 4 N–H and O–H groups in total. The van der Waals surface area contributed by atoms with E-state index >= 15 is 0 Å². The summed E-state index contributed by atoms with van der Waals surface area (Å²) < 4.78 is 48.1. The zero-order valence-electron chi connectivity index (χ0n) is 16.3. The monoisotopic (exact) mass is 468 g/mol. The van der Waals surface area contributed by atoms with Crippen LogP contribution in [0.2, 0.25) is 5.02 Å². The van der Waals surface area contributed by atoms with Gasteiger partial charge in [-0.2, -0.15) is 4.72 Å². The Morgan fingerprint density at radius 1 is 1.29 bits per heavy atom. The number of primary amides is 1. The molecular formula is C19H18ClFN4O5S. The first-order valence-corrected chi connectivity index (χ1v) is 10.8. The number of nitrogens with two attached hydrogens (primary N) is 1. The number of aromatic nitrogens is 2. The molecule has 0 fully saturated rings. The molecule has 12 heteroatoms. The molecule has 2 unspecified atom stereocenters. The van der Waals surface area contributed by atoms with Crippen LogP contribution in [0.5, 0.6) is 0 Å². The maximum absolute atomic E-state index is 14.5. The van der Waals surface area contributed by atoms with Gasteiger partial charge in [-0.25, -0.2) is 22.7 Å². The van der Waals surface area contributed by atoms with Gasteiger partial charge in [0.15, 0.2) is 0 Å². The lowest BCUT2D eigenvalue weighted by Gasteiger charge is -2.23. The predicted octanol–water partition coefficient (Wildman–Crippen LogP) is 2.39. The first-order valence-electron chi connectivity index (χ1n) is 8.92. The molecule has 2 atom stereocenters. The van der Waals surface area contributed by atoms with E-state index in [1.54, 1.807) is 19.1 Å². The fraction of sp³-hybridized carbons (Fsp3) is 0.211. The van der Waals surface area contributed by atoms with Crippen LogP contribution in [-0.4, -0.2) is 24.5 Å². The number of carbonyl (C=O) groups excluding carboxylic acids is 1. The van der Waals surface area contributed by atoms with Crippen LogP contribution in [0, 0.1) is 12.7 Å². The summed E-state index contributed by atoms with van der Waals surface area (Å²) in [6.45, 7) is 3.28. The van der Waals surface area contributed by atoms with Gasteiger partial charge in [0.25, 0.3) is 0 Å². The highest BCUT2D eigenvalue weighted by Crippen LogP contribution is 2.33. The van der Waals surface area contributed by atoms with Crippen LogP contribution in [0.1, 0.15) is 46.3 Å². The molecule has 31 heavy (non-hydrogen) atoms. The Balaban J connectivity index is 2.11. The molecule has 1 amide bonds. The lowest BCUT2D eigenvalue weighted by molar-refractivity contribution is 0.0997. The highest BCUT2D eigenvalue weighted by molar-refractivity contribution is 7.89. The first-order chi connectivity index (χ1) is 14.5. The average Bonchev–Trinajstić information content (AvgIpc) is 3.13. The number of amides is 1. The molecule has 0 spiro atoms. The van der Waals surface area contributed by atoms with Crippen LogP contribution in [0.15, 0.2) is 50.5 Å². The third-order valence-corrected chi connectivity index (χ3v) is 6.38. The summed E-state index contributed by atoms with van der Waals surface area (Å²) in [6, 6.07) is 6.56. The zero-order chi connectivity index (χ0) is 22.9. The van der Waals surface area contributed by atoms with Crippen molar-refractivity contribution >= 4 is 27.5 Å². The van der Waals surface area contributed by atoms with Gasteiger partial charge in [-0.1, -0.05) is 36.2 Å². The average molecular weight is 469 g/mol. The molecule has 1 aromatic heterocycles. The zero-order valence-corrected chi connectivity index (χ0v) is 17.9. The fourth-order valence-corrected chi connectivity index (χ4v) is 4.73. The van der Waals surface area contributed by atoms with Crippen molar-refractivity contribution in [2.45, 2.75) is 30.7 Å². The second-order valence-electron chi connectivity index (χ2n) is 6.87. The van der Waals surface area contributed by atoms with E-state index in [9.17, 15) is 22.4 Å². The minimum atomic E-state index is -4.41. The van der Waals surface area contributed by atoms with Gasteiger partial charge in [-0.05, 0) is 36.8 Å². The Hall–Kier alpha value is -3.02. The van der Waals surface area contributed by atoms with Crippen LogP contribution in [0.25, 0.3) is 0 Å². The summed E-state index contributed by atoms with van der Waals surface area (Å²) in [5.41, 5.74) is 5.87. The van der Waals surface area contributed by atoms with Gasteiger partial charge in [0.05, 0.1) is 10.5 Å². The van der Waals surface area contributed by atoms with Crippen molar-refractivity contribution in [2.75, 3.05) is 0 Å². The standard InChI is InChI=1S/C19H18ClFN4O5S/c1-9-3-5-14(21)12(7-9)10(2)16(18-23-24-19(27)30-18)25-31(28,29)15-6-4-11(20)8-13(15)17(22)26/h3-8,10,16,25H,1-2H3,(H2,22,26)(H,24,27). The predicted molar refractivity (Wildman–Crippen MR) is 110 cm³/mol. The highest BCUT2D eigenvalue weighted by atomic mass is 35.5. The number of rotatable bonds is 7. The van der Waals surface area contributed by atoms with Crippen molar-refractivity contribution in [1.29, 1.82) is 0 Å². The maximum atomic E-state index is 14.5. The van der Waals surface area contributed by atoms with E-state index in [0.29, 0.717) is 0 Å². The van der Waals surface area contributed by atoms with Gasteiger partial charge in [-0.3, -0.25) is 4.79 Å². The van der Waals surface area contributed by atoms with Crippen molar-refractivity contribution in [3.8, 4) is 0 Å². The first kappa shape index (κ1) is 22.7. The summed E-state index contributed by atoms with van der Waals surface area (Å²) in [6.07, 6.45) is 0. The number of benzene rings is 2. The third kappa shape index (κ3) is 4.84. The molecule has 0 radical (unpaired) electrons. The van der Waals surface area contributed by atoms with E-state index in [2.05, 4.69) is 14.9 Å². The number of H-pyrrole nitrogens is 1.